The molecule has 6 heteroatoms. The number of rotatable bonds is 4. The van der Waals surface area contributed by atoms with Crippen LogP contribution in [0.1, 0.15) is 27.7 Å². The molecule has 0 aromatic heterocycles. The second-order valence-electron chi connectivity index (χ2n) is 7.72. The van der Waals surface area contributed by atoms with Gasteiger partial charge in [0.2, 0.25) is 0 Å². The summed E-state index contributed by atoms with van der Waals surface area (Å²) < 4.78 is 24.9. The standard InChI is InChI=1S/C15H28IO4P/c1-13(2,5-16)11-17-6-15(7-18-11)8-19-12(20-9-15)14(3,4)10-21/h11-12H,5-10,21H2,1-4H3. The molecule has 0 radical (unpaired) electrons. The van der Waals surface area contributed by atoms with Gasteiger partial charge in [-0.1, -0.05) is 50.3 Å². The summed E-state index contributed by atoms with van der Waals surface area (Å²) in [7, 11) is 2.77. The van der Waals surface area contributed by atoms with Crippen LogP contribution in [-0.2, 0) is 18.9 Å². The molecule has 1 unspecified atom stereocenters. The Morgan fingerprint density at radius 3 is 1.62 bits per heavy atom. The third kappa shape index (κ3) is 4.10. The monoisotopic (exact) mass is 430 g/mol. The molecule has 1 atom stereocenters. The first-order chi connectivity index (χ1) is 9.75. The Morgan fingerprint density at radius 2 is 1.29 bits per heavy atom. The summed E-state index contributed by atoms with van der Waals surface area (Å²) >= 11 is 2.38. The van der Waals surface area contributed by atoms with Crippen molar-refractivity contribution in [1.29, 1.82) is 0 Å². The Bertz CT molecular complexity index is 308. The second kappa shape index (κ2) is 6.86. The lowest BCUT2D eigenvalue weighted by Gasteiger charge is -2.48. The van der Waals surface area contributed by atoms with Crippen LogP contribution in [0.2, 0.25) is 0 Å². The highest BCUT2D eigenvalue weighted by atomic mass is 127. The normalized spacial score (nSPS) is 35.1. The fraction of sp³-hybridized carbons (Fsp3) is 1.00. The van der Waals surface area contributed by atoms with E-state index in [4.69, 9.17) is 18.9 Å². The Balaban J connectivity index is 1.89. The molecule has 4 nitrogen and oxygen atoms in total. The average molecular weight is 430 g/mol. The zero-order valence-electron chi connectivity index (χ0n) is 13.5. The van der Waals surface area contributed by atoms with Gasteiger partial charge in [0.05, 0.1) is 31.8 Å². The summed E-state index contributed by atoms with van der Waals surface area (Å²) in [4.78, 5) is 0. The molecule has 0 aromatic rings. The molecule has 0 bridgehead atoms. The Hall–Kier alpha value is 1.00. The summed E-state index contributed by atoms with van der Waals surface area (Å²) in [5.74, 6) is 0. The fourth-order valence-corrected chi connectivity index (χ4v) is 2.97. The van der Waals surface area contributed by atoms with Crippen molar-refractivity contribution in [1.82, 2.24) is 0 Å². The molecule has 2 fully saturated rings. The van der Waals surface area contributed by atoms with Crippen LogP contribution < -0.4 is 0 Å². The van der Waals surface area contributed by atoms with Crippen molar-refractivity contribution in [3.05, 3.63) is 0 Å². The maximum atomic E-state index is 5.98. The SMILES string of the molecule is CC(C)(CP)C1OCC2(CO1)COC(C(C)(C)CI)OC2. The fourth-order valence-electron chi connectivity index (χ4n) is 2.42. The van der Waals surface area contributed by atoms with Crippen LogP contribution in [0.15, 0.2) is 0 Å². The molecule has 2 saturated heterocycles. The van der Waals surface area contributed by atoms with E-state index in [0.717, 1.165) is 10.6 Å². The minimum absolute atomic E-state index is 0.00833. The van der Waals surface area contributed by atoms with Gasteiger partial charge in [-0.15, -0.1) is 9.24 Å². The van der Waals surface area contributed by atoms with Gasteiger partial charge in [-0.05, 0) is 6.16 Å². The van der Waals surface area contributed by atoms with E-state index in [0.29, 0.717) is 26.4 Å². The molecule has 1 spiro atoms. The first kappa shape index (κ1) is 18.3. The predicted octanol–water partition coefficient (Wildman–Crippen LogP) is 3.08. The summed E-state index contributed by atoms with van der Waals surface area (Å²) in [6.45, 7) is 11.2. The number of alkyl halides is 1. The maximum absolute atomic E-state index is 5.98. The molecule has 2 rings (SSSR count). The van der Waals surface area contributed by atoms with Crippen molar-refractivity contribution in [2.45, 2.75) is 40.3 Å². The van der Waals surface area contributed by atoms with Gasteiger partial charge in [0.1, 0.15) is 0 Å². The van der Waals surface area contributed by atoms with Crippen molar-refractivity contribution in [3.8, 4) is 0 Å². The van der Waals surface area contributed by atoms with Crippen molar-refractivity contribution in [3.63, 3.8) is 0 Å². The van der Waals surface area contributed by atoms with Gasteiger partial charge in [-0.2, -0.15) is 0 Å². The second-order valence-corrected chi connectivity index (χ2v) is 8.89. The van der Waals surface area contributed by atoms with Crippen LogP contribution in [-0.4, -0.2) is 49.6 Å². The molecule has 0 N–H and O–H groups in total. The van der Waals surface area contributed by atoms with E-state index in [1.54, 1.807) is 0 Å². The number of hydrogen-bond acceptors (Lipinski definition) is 4. The molecular weight excluding hydrogens is 402 g/mol. The van der Waals surface area contributed by atoms with Crippen LogP contribution >= 0.6 is 31.8 Å². The van der Waals surface area contributed by atoms with E-state index in [-0.39, 0.29) is 28.8 Å². The molecule has 0 aliphatic carbocycles. The van der Waals surface area contributed by atoms with Gasteiger partial charge in [-0.25, -0.2) is 0 Å². The Morgan fingerprint density at radius 1 is 0.905 bits per heavy atom. The molecule has 0 amide bonds. The van der Waals surface area contributed by atoms with Crippen molar-refractivity contribution >= 4 is 31.8 Å². The van der Waals surface area contributed by atoms with Gasteiger partial charge in [0.15, 0.2) is 12.6 Å². The average Bonchev–Trinajstić information content (AvgIpc) is 2.48. The highest BCUT2D eigenvalue weighted by molar-refractivity contribution is 14.1. The Kier molecular flexibility index (Phi) is 5.99. The van der Waals surface area contributed by atoms with Crippen LogP contribution in [0.4, 0.5) is 0 Å². The molecule has 2 aliphatic rings. The van der Waals surface area contributed by atoms with E-state index in [1.165, 1.54) is 0 Å². The first-order valence-corrected chi connectivity index (χ1v) is 9.81. The lowest BCUT2D eigenvalue weighted by atomic mass is 9.87. The summed E-state index contributed by atoms with van der Waals surface area (Å²) in [5, 5.41) is 0. The lowest BCUT2D eigenvalue weighted by Crippen LogP contribution is -2.56. The van der Waals surface area contributed by atoms with E-state index in [9.17, 15) is 0 Å². The summed E-state index contributed by atoms with van der Waals surface area (Å²) in [5.41, 5.74) is -0.109. The quantitative estimate of drug-likeness (QED) is 0.391. The predicted molar refractivity (Wildman–Crippen MR) is 94.8 cm³/mol. The lowest BCUT2D eigenvalue weighted by molar-refractivity contribution is -0.330. The third-order valence-electron chi connectivity index (χ3n) is 4.31. The highest BCUT2D eigenvalue weighted by Gasteiger charge is 2.47. The van der Waals surface area contributed by atoms with E-state index < -0.39 is 0 Å². The molecule has 124 valence electrons. The number of halogens is 1. The van der Waals surface area contributed by atoms with Crippen molar-refractivity contribution in [2.24, 2.45) is 16.2 Å². The van der Waals surface area contributed by atoms with Gasteiger partial charge in [0.25, 0.3) is 0 Å². The topological polar surface area (TPSA) is 36.9 Å². The van der Waals surface area contributed by atoms with Crippen molar-refractivity contribution < 1.29 is 18.9 Å². The minimum atomic E-state index is -0.149. The third-order valence-corrected chi connectivity index (χ3v) is 7.33. The van der Waals surface area contributed by atoms with Crippen LogP contribution in [0.3, 0.4) is 0 Å². The van der Waals surface area contributed by atoms with Gasteiger partial charge in [0, 0.05) is 15.3 Å². The Labute approximate surface area is 144 Å². The van der Waals surface area contributed by atoms with E-state index in [2.05, 4.69) is 59.5 Å². The molecule has 2 heterocycles. The van der Waals surface area contributed by atoms with Gasteiger partial charge in [-0.3, -0.25) is 0 Å². The van der Waals surface area contributed by atoms with Gasteiger partial charge < -0.3 is 18.9 Å². The number of hydrogen-bond donors (Lipinski definition) is 0. The zero-order valence-corrected chi connectivity index (χ0v) is 16.8. The summed E-state index contributed by atoms with van der Waals surface area (Å²) in [6, 6.07) is 0. The van der Waals surface area contributed by atoms with Gasteiger partial charge >= 0.3 is 0 Å². The first-order valence-electron chi connectivity index (χ1n) is 7.47. The number of ether oxygens (including phenoxy) is 4. The minimum Gasteiger partial charge on any atom is -0.351 e. The van der Waals surface area contributed by atoms with E-state index >= 15 is 0 Å². The van der Waals surface area contributed by atoms with Crippen LogP contribution in [0.25, 0.3) is 0 Å². The molecule has 2 aliphatic heterocycles. The molecule has 21 heavy (non-hydrogen) atoms. The van der Waals surface area contributed by atoms with Crippen molar-refractivity contribution in [2.75, 3.05) is 37.0 Å². The van der Waals surface area contributed by atoms with Crippen LogP contribution in [0, 0.1) is 16.2 Å². The molecule has 0 aromatic carbocycles. The maximum Gasteiger partial charge on any atom is 0.163 e. The molecule has 0 saturated carbocycles. The highest BCUT2D eigenvalue weighted by Crippen LogP contribution is 2.39. The zero-order chi connectivity index (χ0) is 15.7. The van der Waals surface area contributed by atoms with E-state index in [1.807, 2.05) is 0 Å². The smallest absolute Gasteiger partial charge is 0.163 e. The van der Waals surface area contributed by atoms with Crippen LogP contribution in [0.5, 0.6) is 0 Å². The largest absolute Gasteiger partial charge is 0.351 e. The summed E-state index contributed by atoms with van der Waals surface area (Å²) in [6.07, 6.45) is 0.661. The molecular formula is C15H28IO4P.